The Morgan fingerprint density at radius 2 is 1.84 bits per heavy atom. The van der Waals surface area contributed by atoms with Crippen molar-refractivity contribution in [1.29, 1.82) is 0 Å². The third kappa shape index (κ3) is 4.34. The SMILES string of the molecule is Cc1c(Cl)c([N+](=O)[O-])nn1C12CC3CC(CC(CC(=O)N4CCN(Cc5ccccc5F)CC4)(C3)C1)C2. The minimum absolute atomic E-state index is 0.0921. The molecule has 198 valence electrons. The number of halogens is 2. The highest BCUT2D eigenvalue weighted by Crippen LogP contribution is 2.65. The van der Waals surface area contributed by atoms with Crippen molar-refractivity contribution in [2.75, 3.05) is 26.2 Å². The van der Waals surface area contributed by atoms with Crippen LogP contribution in [0.2, 0.25) is 5.02 Å². The zero-order chi connectivity index (χ0) is 25.9. The topological polar surface area (TPSA) is 84.5 Å². The third-order valence-electron chi connectivity index (χ3n) is 9.40. The molecule has 1 aliphatic heterocycles. The van der Waals surface area contributed by atoms with E-state index in [1.165, 1.54) is 12.5 Å². The van der Waals surface area contributed by atoms with Crippen LogP contribution in [0.1, 0.15) is 56.2 Å². The summed E-state index contributed by atoms with van der Waals surface area (Å²) >= 11 is 6.33. The maximum atomic E-state index is 14.1. The van der Waals surface area contributed by atoms with Gasteiger partial charge in [-0.3, -0.25) is 9.69 Å². The molecule has 1 amide bonds. The minimum Gasteiger partial charge on any atom is -0.358 e. The van der Waals surface area contributed by atoms with E-state index in [9.17, 15) is 19.3 Å². The lowest BCUT2D eigenvalue weighted by molar-refractivity contribution is -0.389. The fourth-order valence-electron chi connectivity index (χ4n) is 8.36. The number of benzene rings is 1. The van der Waals surface area contributed by atoms with Gasteiger partial charge < -0.3 is 15.0 Å². The Morgan fingerprint density at radius 3 is 2.46 bits per heavy atom. The van der Waals surface area contributed by atoms with Crippen molar-refractivity contribution in [3.8, 4) is 0 Å². The van der Waals surface area contributed by atoms with Gasteiger partial charge in [0, 0.05) is 44.7 Å². The molecule has 0 radical (unpaired) electrons. The van der Waals surface area contributed by atoms with E-state index < -0.39 is 4.92 Å². The second kappa shape index (κ2) is 9.05. The monoisotopic (exact) mass is 529 g/mol. The summed E-state index contributed by atoms with van der Waals surface area (Å²) in [5, 5.41) is 16.0. The third-order valence-corrected chi connectivity index (χ3v) is 9.85. The van der Waals surface area contributed by atoms with Gasteiger partial charge in [-0.2, -0.15) is 4.68 Å². The summed E-state index contributed by atoms with van der Waals surface area (Å²) in [7, 11) is 0. The summed E-state index contributed by atoms with van der Waals surface area (Å²) in [6.07, 6.45) is 6.49. The van der Waals surface area contributed by atoms with Gasteiger partial charge in [0.05, 0.1) is 16.3 Å². The molecule has 1 aromatic carbocycles. The number of carbonyl (C=O) groups is 1. The minimum atomic E-state index is -0.503. The Kier molecular flexibility index (Phi) is 6.06. The molecule has 10 heteroatoms. The molecule has 2 heterocycles. The van der Waals surface area contributed by atoms with Gasteiger partial charge >= 0.3 is 5.82 Å². The fourth-order valence-corrected chi connectivity index (χ4v) is 8.55. The fraction of sp³-hybridized carbons (Fsp3) is 0.630. The number of nitro groups is 1. The highest BCUT2D eigenvalue weighted by Gasteiger charge is 2.61. The van der Waals surface area contributed by atoms with Crippen molar-refractivity contribution in [1.82, 2.24) is 19.6 Å². The van der Waals surface area contributed by atoms with E-state index in [-0.39, 0.29) is 33.5 Å². The number of rotatable bonds is 6. The zero-order valence-electron chi connectivity index (χ0n) is 21.2. The van der Waals surface area contributed by atoms with Crippen LogP contribution < -0.4 is 0 Å². The summed E-state index contributed by atoms with van der Waals surface area (Å²) in [5.74, 6) is 0.758. The number of hydrogen-bond acceptors (Lipinski definition) is 5. The predicted octanol–water partition coefficient (Wildman–Crippen LogP) is 4.92. The normalized spacial score (nSPS) is 31.2. The van der Waals surface area contributed by atoms with E-state index in [0.29, 0.717) is 49.1 Å². The summed E-state index contributed by atoms with van der Waals surface area (Å²) in [6, 6.07) is 6.87. The molecule has 1 aromatic heterocycles. The van der Waals surface area contributed by atoms with Crippen LogP contribution in [0.5, 0.6) is 0 Å². The first-order valence-electron chi connectivity index (χ1n) is 13.3. The van der Waals surface area contributed by atoms with Gasteiger partial charge in [0.15, 0.2) is 5.02 Å². The van der Waals surface area contributed by atoms with Crippen molar-refractivity contribution in [3.63, 3.8) is 0 Å². The molecule has 8 nitrogen and oxygen atoms in total. The van der Waals surface area contributed by atoms with E-state index in [4.69, 9.17) is 11.6 Å². The molecule has 37 heavy (non-hydrogen) atoms. The summed E-state index contributed by atoms with van der Waals surface area (Å²) in [6.45, 7) is 5.15. The first-order chi connectivity index (χ1) is 17.7. The highest BCUT2D eigenvalue weighted by molar-refractivity contribution is 6.33. The summed E-state index contributed by atoms with van der Waals surface area (Å²) in [4.78, 5) is 28.8. The standard InChI is InChI=1S/C27H33ClFN5O3/c1-18-24(28)25(34(36)37)30-33(18)27-13-19-10-20(14-27)12-26(11-19,17-27)15-23(35)32-8-6-31(7-9-32)16-21-4-2-3-5-22(21)29/h2-5,19-20H,6-17H2,1H3. The molecule has 2 aromatic rings. The van der Waals surface area contributed by atoms with Crippen LogP contribution in [-0.4, -0.2) is 56.6 Å². The predicted molar refractivity (Wildman–Crippen MR) is 137 cm³/mol. The second-order valence-corrected chi connectivity index (χ2v) is 12.4. The molecular weight excluding hydrogens is 497 g/mol. The van der Waals surface area contributed by atoms with Gasteiger partial charge in [0.1, 0.15) is 5.82 Å². The van der Waals surface area contributed by atoms with Gasteiger partial charge in [-0.25, -0.2) is 4.39 Å². The lowest BCUT2D eigenvalue weighted by Crippen LogP contribution is -2.58. The molecule has 1 saturated heterocycles. The van der Waals surface area contributed by atoms with Crippen molar-refractivity contribution < 1.29 is 14.1 Å². The molecule has 4 bridgehead atoms. The van der Waals surface area contributed by atoms with Gasteiger partial charge in [0.2, 0.25) is 5.91 Å². The van der Waals surface area contributed by atoms with Crippen LogP contribution in [0.15, 0.2) is 24.3 Å². The van der Waals surface area contributed by atoms with Crippen LogP contribution in [-0.2, 0) is 16.9 Å². The van der Waals surface area contributed by atoms with Crippen LogP contribution in [0.25, 0.3) is 0 Å². The summed E-state index contributed by atoms with van der Waals surface area (Å²) in [5.41, 5.74) is 0.953. The molecule has 0 N–H and O–H groups in total. The smallest absolute Gasteiger partial charge is 0.358 e. The van der Waals surface area contributed by atoms with Gasteiger partial charge in [-0.15, -0.1) is 0 Å². The molecule has 4 saturated carbocycles. The average Bonchev–Trinajstić information content (AvgIpc) is 3.15. The first-order valence-corrected chi connectivity index (χ1v) is 13.7. The molecule has 5 aliphatic rings. The highest BCUT2D eigenvalue weighted by atomic mass is 35.5. The molecule has 2 atom stereocenters. The van der Waals surface area contributed by atoms with E-state index >= 15 is 0 Å². The lowest BCUT2D eigenvalue weighted by Gasteiger charge is -2.61. The quantitative estimate of drug-likeness (QED) is 0.391. The van der Waals surface area contributed by atoms with E-state index in [1.54, 1.807) is 6.07 Å². The van der Waals surface area contributed by atoms with Crippen molar-refractivity contribution in [2.24, 2.45) is 17.3 Å². The van der Waals surface area contributed by atoms with Crippen molar-refractivity contribution in [2.45, 2.75) is 64.0 Å². The number of aromatic nitrogens is 2. The molecular formula is C27H33ClFN5O3. The molecule has 4 aliphatic carbocycles. The number of hydrogen-bond donors (Lipinski definition) is 0. The van der Waals surface area contributed by atoms with E-state index in [2.05, 4.69) is 10.00 Å². The molecule has 2 unspecified atom stereocenters. The Morgan fingerprint density at radius 1 is 1.16 bits per heavy atom. The Balaban J connectivity index is 1.15. The van der Waals surface area contributed by atoms with Crippen LogP contribution in [0, 0.1) is 40.1 Å². The summed E-state index contributed by atoms with van der Waals surface area (Å²) < 4.78 is 15.9. The maximum Gasteiger partial charge on any atom is 0.408 e. The number of amides is 1. The van der Waals surface area contributed by atoms with Crippen LogP contribution in [0.4, 0.5) is 10.2 Å². The van der Waals surface area contributed by atoms with Crippen molar-refractivity contribution >= 4 is 23.3 Å². The van der Waals surface area contributed by atoms with Gasteiger partial charge in [0.25, 0.3) is 0 Å². The molecule has 5 fully saturated rings. The zero-order valence-corrected chi connectivity index (χ0v) is 21.9. The first kappa shape index (κ1) is 24.8. The van der Waals surface area contributed by atoms with Gasteiger partial charge in [-0.1, -0.05) is 29.8 Å². The Labute approximate surface area is 220 Å². The Hall–Kier alpha value is -2.52. The lowest BCUT2D eigenvalue weighted by atomic mass is 9.46. The van der Waals surface area contributed by atoms with Crippen LogP contribution in [0.3, 0.4) is 0 Å². The number of carbonyl (C=O) groups excluding carboxylic acids is 1. The largest absolute Gasteiger partial charge is 0.408 e. The maximum absolute atomic E-state index is 14.1. The number of piperazine rings is 1. The van der Waals surface area contributed by atoms with E-state index in [0.717, 1.165) is 45.2 Å². The van der Waals surface area contributed by atoms with Crippen LogP contribution >= 0.6 is 11.6 Å². The van der Waals surface area contributed by atoms with Crippen molar-refractivity contribution in [3.05, 3.63) is 56.5 Å². The Bertz CT molecular complexity index is 1230. The average molecular weight is 530 g/mol. The second-order valence-electron chi connectivity index (χ2n) is 12.0. The van der Waals surface area contributed by atoms with E-state index in [1.807, 2.05) is 28.6 Å². The van der Waals surface area contributed by atoms with Gasteiger partial charge in [-0.05, 0) is 73.7 Å². The molecule has 7 rings (SSSR count). The number of nitrogens with zero attached hydrogens (tertiary/aromatic N) is 5. The molecule has 0 spiro atoms.